The van der Waals surface area contributed by atoms with Crippen LogP contribution in [0.3, 0.4) is 0 Å². The predicted molar refractivity (Wildman–Crippen MR) is 57.9 cm³/mol. The Kier molecular flexibility index (Phi) is 2.52. The van der Waals surface area contributed by atoms with Crippen LogP contribution in [-0.2, 0) is 6.18 Å². The van der Waals surface area contributed by atoms with Crippen molar-refractivity contribution in [1.29, 1.82) is 0 Å². The van der Waals surface area contributed by atoms with E-state index in [9.17, 15) is 18.0 Å². The number of fused-ring (bicyclic) bond motifs is 1. The number of H-pyrrole nitrogens is 1. The average Bonchev–Trinajstić information content (AvgIpc) is 2.55. The van der Waals surface area contributed by atoms with Crippen molar-refractivity contribution in [3.63, 3.8) is 0 Å². The minimum Gasteiger partial charge on any atom is -0.282 e. The van der Waals surface area contributed by atoms with Gasteiger partial charge in [0.1, 0.15) is 0 Å². The van der Waals surface area contributed by atoms with E-state index in [2.05, 4.69) is 5.10 Å². The van der Waals surface area contributed by atoms with Crippen molar-refractivity contribution in [2.24, 2.45) is 0 Å². The number of rotatable bonds is 1. The number of aromatic nitrogens is 2. The average molecular weight is 244 g/mol. The van der Waals surface area contributed by atoms with Gasteiger partial charge in [-0.15, -0.1) is 0 Å². The smallest absolute Gasteiger partial charge is 0.282 e. The van der Waals surface area contributed by atoms with E-state index in [1.807, 2.05) is 13.8 Å². The molecule has 0 atom stereocenters. The summed E-state index contributed by atoms with van der Waals surface area (Å²) in [6.45, 7) is 3.68. The Morgan fingerprint density at radius 2 is 1.94 bits per heavy atom. The van der Waals surface area contributed by atoms with Crippen LogP contribution >= 0.6 is 0 Å². The third kappa shape index (κ3) is 1.94. The molecule has 0 aliphatic carbocycles. The molecule has 2 rings (SSSR count). The summed E-state index contributed by atoms with van der Waals surface area (Å²) in [4.78, 5) is 11.5. The van der Waals surface area contributed by atoms with Crippen molar-refractivity contribution in [2.75, 3.05) is 0 Å². The molecule has 0 saturated heterocycles. The summed E-state index contributed by atoms with van der Waals surface area (Å²) in [6.07, 6.45) is -4.43. The highest BCUT2D eigenvalue weighted by atomic mass is 19.4. The van der Waals surface area contributed by atoms with Gasteiger partial charge in [-0.05, 0) is 32.0 Å². The molecule has 0 saturated carbocycles. The van der Waals surface area contributed by atoms with E-state index < -0.39 is 17.3 Å². The van der Waals surface area contributed by atoms with Gasteiger partial charge in [0.25, 0.3) is 5.56 Å². The topological polar surface area (TPSA) is 37.8 Å². The molecule has 6 heteroatoms. The van der Waals surface area contributed by atoms with E-state index >= 15 is 0 Å². The molecular formula is C11H11F3N2O. The molecule has 0 amide bonds. The first-order chi connectivity index (χ1) is 7.80. The standard InChI is InChI=1S/C11H11F3N2O/c1-6(2)16-9-4-3-7(11(12,13)14)5-8(9)10(17)15-16/h3-6H,1-2H3,(H,15,17). The number of nitrogens with one attached hydrogen (secondary N) is 1. The Morgan fingerprint density at radius 1 is 1.29 bits per heavy atom. The SMILES string of the molecule is CC(C)n1[nH]c(=O)c2cc(C(F)(F)F)ccc21. The van der Waals surface area contributed by atoms with E-state index in [0.29, 0.717) is 5.52 Å². The molecular weight excluding hydrogens is 233 g/mol. The zero-order valence-electron chi connectivity index (χ0n) is 9.30. The first kappa shape index (κ1) is 11.8. The lowest BCUT2D eigenvalue weighted by Crippen LogP contribution is -2.07. The number of hydrogen-bond acceptors (Lipinski definition) is 1. The van der Waals surface area contributed by atoms with Gasteiger partial charge in [-0.25, -0.2) is 0 Å². The summed E-state index contributed by atoms with van der Waals surface area (Å²) >= 11 is 0. The molecule has 1 aromatic heterocycles. The molecule has 0 fully saturated rings. The Hall–Kier alpha value is -1.72. The fourth-order valence-electron chi connectivity index (χ4n) is 1.74. The highest BCUT2D eigenvalue weighted by molar-refractivity contribution is 5.79. The molecule has 92 valence electrons. The van der Waals surface area contributed by atoms with E-state index in [4.69, 9.17) is 0 Å². The van der Waals surface area contributed by atoms with Gasteiger partial charge in [0.05, 0.1) is 16.5 Å². The zero-order valence-corrected chi connectivity index (χ0v) is 9.30. The van der Waals surface area contributed by atoms with Gasteiger partial charge in [-0.3, -0.25) is 14.6 Å². The lowest BCUT2D eigenvalue weighted by Gasteiger charge is -2.09. The lowest BCUT2D eigenvalue weighted by atomic mass is 10.1. The normalized spacial score (nSPS) is 12.6. The predicted octanol–water partition coefficient (Wildman–Crippen LogP) is 2.93. The summed E-state index contributed by atoms with van der Waals surface area (Å²) in [5.41, 5.74) is -0.824. The summed E-state index contributed by atoms with van der Waals surface area (Å²) in [6, 6.07) is 3.16. The van der Waals surface area contributed by atoms with Gasteiger partial charge >= 0.3 is 6.18 Å². The largest absolute Gasteiger partial charge is 0.416 e. The maximum absolute atomic E-state index is 12.5. The van der Waals surface area contributed by atoms with Gasteiger partial charge in [-0.1, -0.05) is 0 Å². The highest BCUT2D eigenvalue weighted by Crippen LogP contribution is 2.30. The van der Waals surface area contributed by atoms with E-state index in [0.717, 1.165) is 12.1 Å². The molecule has 0 radical (unpaired) electrons. The first-order valence-corrected chi connectivity index (χ1v) is 5.12. The van der Waals surface area contributed by atoms with Gasteiger partial charge in [0, 0.05) is 6.04 Å². The van der Waals surface area contributed by atoms with Crippen molar-refractivity contribution in [3.8, 4) is 0 Å². The van der Waals surface area contributed by atoms with Crippen LogP contribution < -0.4 is 5.56 Å². The number of nitrogens with zero attached hydrogens (tertiary/aromatic N) is 1. The van der Waals surface area contributed by atoms with Crippen LogP contribution in [0.1, 0.15) is 25.5 Å². The second-order valence-corrected chi connectivity index (χ2v) is 4.13. The van der Waals surface area contributed by atoms with Gasteiger partial charge in [-0.2, -0.15) is 13.2 Å². The molecule has 17 heavy (non-hydrogen) atoms. The fourth-order valence-corrected chi connectivity index (χ4v) is 1.74. The molecule has 0 aliphatic heterocycles. The van der Waals surface area contributed by atoms with E-state index in [1.54, 1.807) is 4.68 Å². The van der Waals surface area contributed by atoms with Crippen LogP contribution in [0.15, 0.2) is 23.0 Å². The number of alkyl halides is 3. The van der Waals surface area contributed by atoms with Crippen LogP contribution in [0.2, 0.25) is 0 Å². The third-order valence-corrected chi connectivity index (χ3v) is 2.57. The summed E-state index contributed by atoms with van der Waals surface area (Å²) < 4.78 is 39.0. The quantitative estimate of drug-likeness (QED) is 0.822. The second kappa shape index (κ2) is 3.65. The number of benzene rings is 1. The second-order valence-electron chi connectivity index (χ2n) is 4.13. The Morgan fingerprint density at radius 3 is 2.47 bits per heavy atom. The number of halogens is 3. The molecule has 3 nitrogen and oxygen atoms in total. The fraction of sp³-hybridized carbons (Fsp3) is 0.364. The maximum atomic E-state index is 12.5. The van der Waals surface area contributed by atoms with Crippen LogP contribution in [0.4, 0.5) is 13.2 Å². The van der Waals surface area contributed by atoms with Gasteiger partial charge in [0.2, 0.25) is 0 Å². The Bertz CT molecular complexity index is 607. The van der Waals surface area contributed by atoms with Crippen LogP contribution in [0, 0.1) is 0 Å². The molecule has 0 spiro atoms. The van der Waals surface area contributed by atoms with Crippen molar-refractivity contribution in [2.45, 2.75) is 26.1 Å². The molecule has 0 unspecified atom stereocenters. The van der Waals surface area contributed by atoms with E-state index in [1.165, 1.54) is 6.07 Å². The van der Waals surface area contributed by atoms with Gasteiger partial charge in [0.15, 0.2) is 0 Å². The summed E-state index contributed by atoms with van der Waals surface area (Å²) in [5, 5.41) is 2.59. The first-order valence-electron chi connectivity index (χ1n) is 5.12. The van der Waals surface area contributed by atoms with Crippen molar-refractivity contribution >= 4 is 10.9 Å². The van der Waals surface area contributed by atoms with Gasteiger partial charge < -0.3 is 0 Å². The molecule has 0 aliphatic rings. The Labute approximate surface area is 94.8 Å². The maximum Gasteiger partial charge on any atom is 0.416 e. The molecule has 2 aromatic rings. The molecule has 0 bridgehead atoms. The minimum atomic E-state index is -4.43. The van der Waals surface area contributed by atoms with E-state index in [-0.39, 0.29) is 11.4 Å². The molecule has 1 N–H and O–H groups in total. The zero-order chi connectivity index (χ0) is 12.8. The Balaban J connectivity index is 2.72. The molecule has 1 heterocycles. The molecule has 1 aromatic carbocycles. The van der Waals surface area contributed by atoms with Crippen molar-refractivity contribution in [1.82, 2.24) is 9.78 Å². The summed E-state index contributed by atoms with van der Waals surface area (Å²) in [7, 11) is 0. The number of aromatic amines is 1. The van der Waals surface area contributed by atoms with Crippen molar-refractivity contribution in [3.05, 3.63) is 34.1 Å². The highest BCUT2D eigenvalue weighted by Gasteiger charge is 2.31. The lowest BCUT2D eigenvalue weighted by molar-refractivity contribution is -0.137. The van der Waals surface area contributed by atoms with Crippen LogP contribution in [0.25, 0.3) is 10.9 Å². The van der Waals surface area contributed by atoms with Crippen LogP contribution in [0.5, 0.6) is 0 Å². The monoisotopic (exact) mass is 244 g/mol. The summed E-state index contributed by atoms with van der Waals surface area (Å²) in [5.74, 6) is 0. The third-order valence-electron chi connectivity index (χ3n) is 2.57. The minimum absolute atomic E-state index is 0.0167. The van der Waals surface area contributed by atoms with Crippen molar-refractivity contribution < 1.29 is 13.2 Å². The number of hydrogen-bond donors (Lipinski definition) is 1. The van der Waals surface area contributed by atoms with Crippen LogP contribution in [-0.4, -0.2) is 9.78 Å².